The average Bonchev–Trinajstić information content (AvgIpc) is 3.32. The van der Waals surface area contributed by atoms with Crippen molar-refractivity contribution in [3.8, 4) is 0 Å². The SMILES string of the molecule is CN(CCN(C)S(=O)(=O)c1cccc(Cl)c1Cl)C(=O)CCc1ccc(C2=NCCN2)cc1.Cl. The van der Waals surface area contributed by atoms with Crippen molar-refractivity contribution in [1.29, 1.82) is 0 Å². The van der Waals surface area contributed by atoms with E-state index in [2.05, 4.69) is 10.3 Å². The third-order valence-corrected chi connectivity index (χ3v) is 8.14. The quantitative estimate of drug-likeness (QED) is 0.535. The molecule has 1 N–H and O–H groups in total. The van der Waals surface area contributed by atoms with Gasteiger partial charge in [0.2, 0.25) is 15.9 Å². The minimum atomic E-state index is -3.82. The predicted octanol–water partition coefficient (Wildman–Crippen LogP) is 3.48. The Labute approximate surface area is 211 Å². The highest BCUT2D eigenvalue weighted by molar-refractivity contribution is 7.89. The van der Waals surface area contributed by atoms with Crippen LogP contribution in [0.5, 0.6) is 0 Å². The zero-order valence-corrected chi connectivity index (χ0v) is 21.6. The lowest BCUT2D eigenvalue weighted by Gasteiger charge is -2.22. The Balaban J connectivity index is 0.00000385. The average molecular weight is 534 g/mol. The Morgan fingerprint density at radius 3 is 2.42 bits per heavy atom. The standard InChI is InChI=1S/C22H26Cl2N4O3S.ClH/c1-27(14-15-28(2)32(30,31)19-5-3-4-18(23)21(19)24)20(29)11-8-16-6-9-17(10-7-16)22-25-12-13-26-22;/h3-7,9-10H,8,11-15H2,1-2H3,(H,25,26);1H. The molecule has 0 saturated heterocycles. The first kappa shape index (κ1) is 27.4. The molecule has 180 valence electrons. The molecule has 0 unspecified atom stereocenters. The highest BCUT2D eigenvalue weighted by Crippen LogP contribution is 2.30. The zero-order chi connectivity index (χ0) is 23.3. The summed E-state index contributed by atoms with van der Waals surface area (Å²) >= 11 is 12.0. The maximum absolute atomic E-state index is 12.8. The van der Waals surface area contributed by atoms with Gasteiger partial charge in [-0.1, -0.05) is 53.5 Å². The lowest BCUT2D eigenvalue weighted by atomic mass is 10.1. The van der Waals surface area contributed by atoms with Crippen LogP contribution in [0.2, 0.25) is 10.0 Å². The van der Waals surface area contributed by atoms with Gasteiger partial charge in [-0.25, -0.2) is 8.42 Å². The molecule has 7 nitrogen and oxygen atoms in total. The summed E-state index contributed by atoms with van der Waals surface area (Å²) in [6.45, 7) is 2.05. The molecule has 0 fully saturated rings. The molecule has 33 heavy (non-hydrogen) atoms. The first-order valence-corrected chi connectivity index (χ1v) is 12.4. The number of aryl methyl sites for hydroxylation is 1. The van der Waals surface area contributed by atoms with Crippen molar-refractivity contribution in [2.24, 2.45) is 4.99 Å². The third-order valence-electron chi connectivity index (χ3n) is 5.31. The van der Waals surface area contributed by atoms with Crippen LogP contribution >= 0.6 is 35.6 Å². The third kappa shape index (κ3) is 6.83. The Kier molecular flexibility index (Phi) is 10.00. The Morgan fingerprint density at radius 1 is 1.09 bits per heavy atom. The van der Waals surface area contributed by atoms with Gasteiger partial charge in [0.1, 0.15) is 10.7 Å². The van der Waals surface area contributed by atoms with Crippen molar-refractivity contribution in [2.45, 2.75) is 17.7 Å². The lowest BCUT2D eigenvalue weighted by Crippen LogP contribution is -2.37. The lowest BCUT2D eigenvalue weighted by molar-refractivity contribution is -0.129. The van der Waals surface area contributed by atoms with Gasteiger partial charge in [0.25, 0.3) is 0 Å². The first-order chi connectivity index (χ1) is 15.2. The molecule has 0 bridgehead atoms. The highest BCUT2D eigenvalue weighted by atomic mass is 35.5. The van der Waals surface area contributed by atoms with E-state index in [9.17, 15) is 13.2 Å². The summed E-state index contributed by atoms with van der Waals surface area (Å²) in [6, 6.07) is 12.5. The Hall–Kier alpha value is -1.84. The number of halogens is 3. The van der Waals surface area contributed by atoms with E-state index in [0.29, 0.717) is 12.8 Å². The molecule has 1 aliphatic rings. The molecule has 2 aromatic rings. The predicted molar refractivity (Wildman–Crippen MR) is 135 cm³/mol. The normalized spacial score (nSPS) is 13.3. The van der Waals surface area contributed by atoms with Gasteiger partial charge in [0.15, 0.2) is 0 Å². The summed E-state index contributed by atoms with van der Waals surface area (Å²) in [4.78, 5) is 18.4. The number of amidine groups is 1. The minimum absolute atomic E-state index is 0. The van der Waals surface area contributed by atoms with E-state index in [1.54, 1.807) is 7.05 Å². The van der Waals surface area contributed by atoms with Crippen LogP contribution in [0.15, 0.2) is 52.4 Å². The highest BCUT2D eigenvalue weighted by Gasteiger charge is 2.25. The van der Waals surface area contributed by atoms with Gasteiger partial charge in [-0.2, -0.15) is 4.31 Å². The number of aliphatic imine (C=N–C) groups is 1. The topological polar surface area (TPSA) is 82.1 Å². The van der Waals surface area contributed by atoms with E-state index < -0.39 is 10.0 Å². The number of carbonyl (C=O) groups is 1. The van der Waals surface area contributed by atoms with E-state index in [1.165, 1.54) is 34.5 Å². The number of sulfonamides is 1. The zero-order valence-electron chi connectivity index (χ0n) is 18.4. The van der Waals surface area contributed by atoms with Gasteiger partial charge in [-0.05, 0) is 24.1 Å². The van der Waals surface area contributed by atoms with Gasteiger partial charge in [0.05, 0.1) is 16.6 Å². The molecule has 0 atom stereocenters. The monoisotopic (exact) mass is 532 g/mol. The summed E-state index contributed by atoms with van der Waals surface area (Å²) in [5.41, 5.74) is 2.10. The van der Waals surface area contributed by atoms with E-state index in [-0.39, 0.29) is 46.3 Å². The molecule has 0 aromatic heterocycles. The number of hydrogen-bond donors (Lipinski definition) is 1. The van der Waals surface area contributed by atoms with E-state index >= 15 is 0 Å². The van der Waals surface area contributed by atoms with Crippen molar-refractivity contribution >= 4 is 57.4 Å². The number of nitrogens with one attached hydrogen (secondary N) is 1. The molecular weight excluding hydrogens is 507 g/mol. The number of amides is 1. The van der Waals surface area contributed by atoms with Crippen LogP contribution < -0.4 is 5.32 Å². The fourth-order valence-electron chi connectivity index (χ4n) is 3.25. The first-order valence-electron chi connectivity index (χ1n) is 10.2. The van der Waals surface area contributed by atoms with Crippen LogP contribution in [0.25, 0.3) is 0 Å². The van der Waals surface area contributed by atoms with E-state index in [0.717, 1.165) is 30.1 Å². The van der Waals surface area contributed by atoms with Crippen LogP contribution in [0, 0.1) is 0 Å². The maximum atomic E-state index is 12.8. The van der Waals surface area contributed by atoms with Crippen molar-refractivity contribution in [3.63, 3.8) is 0 Å². The summed E-state index contributed by atoms with van der Waals surface area (Å²) in [7, 11) is -0.693. The molecule has 11 heteroatoms. The molecule has 2 aromatic carbocycles. The fourth-order valence-corrected chi connectivity index (χ4v) is 5.14. The second-order valence-electron chi connectivity index (χ2n) is 7.55. The van der Waals surface area contributed by atoms with Gasteiger partial charge in [0, 0.05) is 45.7 Å². The van der Waals surface area contributed by atoms with Crippen molar-refractivity contribution in [2.75, 3.05) is 40.3 Å². The van der Waals surface area contributed by atoms with Crippen LogP contribution in [-0.2, 0) is 21.2 Å². The van der Waals surface area contributed by atoms with Crippen molar-refractivity contribution in [3.05, 3.63) is 63.6 Å². The van der Waals surface area contributed by atoms with Crippen molar-refractivity contribution in [1.82, 2.24) is 14.5 Å². The van der Waals surface area contributed by atoms with Gasteiger partial charge in [-0.3, -0.25) is 9.79 Å². The van der Waals surface area contributed by atoms with Gasteiger partial charge in [-0.15, -0.1) is 12.4 Å². The van der Waals surface area contributed by atoms with Gasteiger partial charge < -0.3 is 10.2 Å². The van der Waals surface area contributed by atoms with Crippen LogP contribution in [0.4, 0.5) is 0 Å². The summed E-state index contributed by atoms with van der Waals surface area (Å²) in [5, 5.41) is 3.40. The van der Waals surface area contributed by atoms with Crippen LogP contribution in [-0.4, -0.2) is 69.6 Å². The van der Waals surface area contributed by atoms with Gasteiger partial charge >= 0.3 is 0 Å². The van der Waals surface area contributed by atoms with Crippen LogP contribution in [0.3, 0.4) is 0 Å². The van der Waals surface area contributed by atoms with Crippen molar-refractivity contribution < 1.29 is 13.2 Å². The number of benzene rings is 2. The Bertz CT molecular complexity index is 1110. The molecule has 0 spiro atoms. The second kappa shape index (κ2) is 12.0. The fraction of sp³-hybridized carbons (Fsp3) is 0.364. The molecule has 1 aliphatic heterocycles. The van der Waals surface area contributed by atoms with E-state index in [4.69, 9.17) is 23.2 Å². The number of hydrogen-bond acceptors (Lipinski definition) is 5. The molecule has 1 heterocycles. The number of nitrogens with zero attached hydrogens (tertiary/aromatic N) is 3. The molecular formula is C22H27Cl3N4O3S. The smallest absolute Gasteiger partial charge is 0.244 e. The maximum Gasteiger partial charge on any atom is 0.244 e. The second-order valence-corrected chi connectivity index (χ2v) is 10.3. The largest absolute Gasteiger partial charge is 0.368 e. The molecule has 3 rings (SSSR count). The number of carbonyl (C=O) groups excluding carboxylic acids is 1. The summed E-state index contributed by atoms with van der Waals surface area (Å²) in [6.07, 6.45) is 0.946. The molecule has 0 saturated carbocycles. The number of rotatable bonds is 9. The van der Waals surface area contributed by atoms with Crippen LogP contribution in [0.1, 0.15) is 17.5 Å². The molecule has 0 radical (unpaired) electrons. The summed E-state index contributed by atoms with van der Waals surface area (Å²) < 4.78 is 26.7. The summed E-state index contributed by atoms with van der Waals surface area (Å²) in [5.74, 6) is 0.855. The molecule has 1 amide bonds. The number of likely N-dealkylation sites (N-methyl/N-ethyl adjacent to an activating group) is 2. The Morgan fingerprint density at radius 2 is 1.79 bits per heavy atom. The molecule has 0 aliphatic carbocycles. The van der Waals surface area contributed by atoms with E-state index in [1.807, 2.05) is 24.3 Å². The minimum Gasteiger partial charge on any atom is -0.368 e.